The molecule has 5 heteroatoms. The van der Waals surface area contributed by atoms with Crippen LogP contribution in [0.4, 0.5) is 0 Å². The van der Waals surface area contributed by atoms with Gasteiger partial charge in [-0.15, -0.1) is 0 Å². The molecule has 0 bridgehead atoms. The van der Waals surface area contributed by atoms with E-state index in [2.05, 4.69) is 4.74 Å². The molecule has 0 saturated carbocycles. The second-order valence-electron chi connectivity index (χ2n) is 1.19. The maximum absolute atomic E-state index is 10.1. The van der Waals surface area contributed by atoms with Crippen molar-refractivity contribution in [2.75, 3.05) is 7.11 Å². The monoisotopic (exact) mass is 170 g/mol. The summed E-state index contributed by atoms with van der Waals surface area (Å²) >= 11 is 0. The van der Waals surface area contributed by atoms with Crippen molar-refractivity contribution in [2.24, 2.45) is 0 Å². The van der Waals surface area contributed by atoms with Crippen molar-refractivity contribution in [1.82, 2.24) is 0 Å². The Morgan fingerprint density at radius 3 is 2.20 bits per heavy atom. The Kier molecular flexibility index (Phi) is 8.89. The summed E-state index contributed by atoms with van der Waals surface area (Å²) in [6.45, 7) is 0. The number of hydrogen-bond donors (Lipinski definition) is 1. The van der Waals surface area contributed by atoms with Crippen LogP contribution in [0.25, 0.3) is 0 Å². The summed E-state index contributed by atoms with van der Waals surface area (Å²) in [5, 5.41) is 7.96. The van der Waals surface area contributed by atoms with Crippen LogP contribution in [0.3, 0.4) is 0 Å². The molecule has 0 fully saturated rings. The number of hydrogen-bond acceptors (Lipinski definition) is 3. The third-order valence-electron chi connectivity index (χ3n) is 0.563. The molecule has 0 aliphatic heterocycles. The van der Waals surface area contributed by atoms with Crippen molar-refractivity contribution in [1.29, 1.82) is 0 Å². The minimum atomic E-state index is -1.17. The van der Waals surface area contributed by atoms with Gasteiger partial charge in [-0.3, -0.25) is 0 Å². The van der Waals surface area contributed by atoms with Gasteiger partial charge in [0.15, 0.2) is 0 Å². The van der Waals surface area contributed by atoms with Crippen molar-refractivity contribution in [3.8, 4) is 0 Å². The van der Waals surface area contributed by atoms with Gasteiger partial charge in [0, 0.05) is 49.9 Å². The van der Waals surface area contributed by atoms with E-state index in [0.717, 1.165) is 6.08 Å². The molecule has 0 aromatic carbocycles. The molecule has 0 atom stereocenters. The number of carboxylic acid groups (broad SMARTS) is 1. The van der Waals surface area contributed by atoms with E-state index >= 15 is 0 Å². The first-order chi connectivity index (χ1) is 4.16. The topological polar surface area (TPSA) is 63.6 Å². The molecule has 1 N–H and O–H groups in total. The van der Waals surface area contributed by atoms with Crippen LogP contribution in [0.2, 0.25) is 0 Å². The van der Waals surface area contributed by atoms with E-state index in [0.29, 0.717) is 6.08 Å². The van der Waals surface area contributed by atoms with Gasteiger partial charge in [0.25, 0.3) is 0 Å². The van der Waals surface area contributed by atoms with E-state index < -0.39 is 11.9 Å². The molecular weight excluding hydrogens is 164 g/mol. The van der Waals surface area contributed by atoms with Gasteiger partial charge < -0.3 is 9.84 Å². The maximum atomic E-state index is 10.1. The van der Waals surface area contributed by atoms with Crippen LogP contribution >= 0.6 is 0 Å². The molecule has 10 heavy (non-hydrogen) atoms. The normalized spacial score (nSPS) is 8.50. The van der Waals surface area contributed by atoms with E-state index in [4.69, 9.17) is 5.11 Å². The van der Waals surface area contributed by atoms with Gasteiger partial charge in [0.1, 0.15) is 0 Å². The summed E-state index contributed by atoms with van der Waals surface area (Å²) in [7, 11) is 1.18. The zero-order chi connectivity index (χ0) is 7.28. The molecule has 52 valence electrons. The molecule has 0 aliphatic carbocycles. The zero-order valence-electron chi connectivity index (χ0n) is 5.53. The van der Waals surface area contributed by atoms with E-state index in [1.807, 2.05) is 0 Å². The van der Waals surface area contributed by atoms with Crippen LogP contribution in [0.1, 0.15) is 0 Å². The Morgan fingerprint density at radius 1 is 1.40 bits per heavy atom. The molecule has 0 aliphatic rings. The van der Waals surface area contributed by atoms with Gasteiger partial charge >= 0.3 is 11.9 Å². The van der Waals surface area contributed by atoms with Crippen LogP contribution in [-0.4, -0.2) is 61.9 Å². The van der Waals surface area contributed by atoms with Crippen molar-refractivity contribution in [3.63, 3.8) is 0 Å². The largest absolute Gasteiger partial charge is 0.478 e. The van der Waals surface area contributed by atoms with Crippen molar-refractivity contribution in [3.05, 3.63) is 12.2 Å². The minimum Gasteiger partial charge on any atom is -0.478 e. The van der Waals surface area contributed by atoms with Crippen LogP contribution in [0, 0.1) is 0 Å². The molecule has 0 aromatic rings. The molecule has 0 rings (SSSR count). The van der Waals surface area contributed by atoms with Gasteiger partial charge in [-0.1, -0.05) is 0 Å². The SMILES string of the molecule is COC(=O)/C=C/C(=O)O.[Ca]. The summed E-state index contributed by atoms with van der Waals surface area (Å²) in [4.78, 5) is 19.9. The van der Waals surface area contributed by atoms with Crippen molar-refractivity contribution >= 4 is 49.7 Å². The summed E-state index contributed by atoms with van der Waals surface area (Å²) in [5.74, 6) is -1.84. The van der Waals surface area contributed by atoms with E-state index in [-0.39, 0.29) is 37.7 Å². The van der Waals surface area contributed by atoms with Crippen LogP contribution in [-0.2, 0) is 14.3 Å². The van der Waals surface area contributed by atoms with Crippen LogP contribution in [0.5, 0.6) is 0 Å². The third kappa shape index (κ3) is 7.94. The average molecular weight is 170 g/mol. The fourth-order valence-electron chi connectivity index (χ4n) is 0.207. The number of carbonyl (C=O) groups excluding carboxylic acids is 1. The Labute approximate surface area is 87.9 Å². The molecule has 0 aromatic heterocycles. The predicted molar refractivity (Wildman–Crippen MR) is 34.5 cm³/mol. The molecule has 2 radical (unpaired) electrons. The fourth-order valence-corrected chi connectivity index (χ4v) is 0.207. The summed E-state index contributed by atoms with van der Waals surface area (Å²) < 4.78 is 4.11. The number of methoxy groups -OCH3 is 1. The first-order valence-corrected chi connectivity index (χ1v) is 2.15. The minimum absolute atomic E-state index is 0. The predicted octanol–water partition coefficient (Wildman–Crippen LogP) is -0.581. The Balaban J connectivity index is 0. The average Bonchev–Trinajstić information content (AvgIpc) is 1.83. The molecule has 4 nitrogen and oxygen atoms in total. The molecule has 0 amide bonds. The summed E-state index contributed by atoms with van der Waals surface area (Å²) in [6.07, 6.45) is 1.55. The van der Waals surface area contributed by atoms with Gasteiger partial charge in [0.2, 0.25) is 0 Å². The second-order valence-corrected chi connectivity index (χ2v) is 1.19. The molecule has 0 unspecified atom stereocenters. The Bertz CT molecular complexity index is 152. The quantitative estimate of drug-likeness (QED) is 0.342. The third-order valence-corrected chi connectivity index (χ3v) is 0.563. The summed E-state index contributed by atoms with van der Waals surface area (Å²) in [5.41, 5.74) is 0. The van der Waals surface area contributed by atoms with E-state index in [9.17, 15) is 9.59 Å². The van der Waals surface area contributed by atoms with Crippen molar-refractivity contribution in [2.45, 2.75) is 0 Å². The van der Waals surface area contributed by atoms with Crippen molar-refractivity contribution < 1.29 is 19.4 Å². The molecule has 0 heterocycles. The first-order valence-electron chi connectivity index (χ1n) is 2.15. The van der Waals surface area contributed by atoms with Gasteiger partial charge in [0.05, 0.1) is 7.11 Å². The number of carboxylic acids is 1. The fraction of sp³-hybridized carbons (Fsp3) is 0.200. The van der Waals surface area contributed by atoms with Gasteiger partial charge in [-0.25, -0.2) is 9.59 Å². The first kappa shape index (κ1) is 12.6. The maximum Gasteiger partial charge on any atom is 0.330 e. The van der Waals surface area contributed by atoms with Gasteiger partial charge in [-0.05, 0) is 0 Å². The molecule has 0 spiro atoms. The van der Waals surface area contributed by atoms with Crippen LogP contribution in [0.15, 0.2) is 12.2 Å². The standard InChI is InChI=1S/C5H6O4.Ca/c1-9-5(8)3-2-4(6)7;/h2-3H,1H3,(H,6,7);/b3-2+;. The smallest absolute Gasteiger partial charge is 0.330 e. The summed E-state index contributed by atoms with van der Waals surface area (Å²) in [6, 6.07) is 0. The van der Waals surface area contributed by atoms with E-state index in [1.54, 1.807) is 0 Å². The van der Waals surface area contributed by atoms with Crippen LogP contribution < -0.4 is 0 Å². The Morgan fingerprint density at radius 2 is 1.90 bits per heavy atom. The number of ether oxygens (including phenoxy) is 1. The zero-order valence-corrected chi connectivity index (χ0v) is 7.74. The second kappa shape index (κ2) is 7.05. The molecular formula is C5H6CaO4. The van der Waals surface area contributed by atoms with Gasteiger partial charge in [-0.2, -0.15) is 0 Å². The number of rotatable bonds is 2. The Hall–Kier alpha value is -0.0603. The molecule has 0 saturated heterocycles. The van der Waals surface area contributed by atoms with E-state index in [1.165, 1.54) is 7.11 Å². The number of carbonyl (C=O) groups is 2. The number of esters is 1. The number of aliphatic carboxylic acids is 1.